The molecule has 0 aromatic carbocycles. The molecule has 176 valence electrons. The maximum Gasteiger partial charge on any atom is 0.294 e. The van der Waals surface area contributed by atoms with Crippen molar-refractivity contribution in [3.8, 4) is 0 Å². The summed E-state index contributed by atoms with van der Waals surface area (Å²) in [5.74, 6) is -5.59. The topological polar surface area (TPSA) is 210 Å². The van der Waals surface area contributed by atoms with E-state index in [2.05, 4.69) is 68.5 Å². The molecule has 0 aliphatic heterocycles. The third-order valence-electron chi connectivity index (χ3n) is 3.52. The van der Waals surface area contributed by atoms with E-state index >= 15 is 0 Å². The molecule has 6 atom stereocenters. The second-order valence-corrected chi connectivity index (χ2v) is 6.34. The fourth-order valence-electron chi connectivity index (χ4n) is 1.70. The molecule has 0 saturated carbocycles. The maximum atomic E-state index is 12.1. The number of amides is 5. The molecule has 0 aromatic heterocycles. The Morgan fingerprint density at radius 3 is 0.968 bits per heavy atom. The van der Waals surface area contributed by atoms with Crippen molar-refractivity contribution in [3.63, 3.8) is 0 Å². The first-order valence-corrected chi connectivity index (χ1v) is 8.73. The van der Waals surface area contributed by atoms with Crippen molar-refractivity contribution in [1.82, 2.24) is 26.6 Å². The van der Waals surface area contributed by atoms with Gasteiger partial charge in [0, 0.05) is 12.1 Å². The number of hydrogen-bond acceptors (Lipinski definition) is 6. The van der Waals surface area contributed by atoms with E-state index in [1.165, 1.54) is 0 Å². The molecule has 0 aromatic rings. The van der Waals surface area contributed by atoms with Crippen LogP contribution in [0, 0.1) is 41.5 Å². The number of nitrogens with one attached hydrogen (secondary N) is 5. The van der Waals surface area contributed by atoms with Crippen molar-refractivity contribution < 1.29 is 39.6 Å². The van der Waals surface area contributed by atoms with Gasteiger partial charge >= 0.3 is 0 Å². The lowest BCUT2D eigenvalue weighted by Crippen LogP contribution is -2.67. The molecule has 0 spiro atoms. The standard InChI is InChI=1S/C18H26N6O7/c1-7(19)13(25)20-8(2)14(26)21-9(3)15(27)22-10(4)16(28)23-11(5)17(29)24-12(6)18(30)31/h7-12H,1-6,19H2,(H,20,25)(H,21,26)(H,22,27)(H,23,28)(H,24,29)(H,30,31)/q-6/p+1/t7-,8-,9-,10-,11-,12-/m0/s1. The molecule has 0 radical (unpaired) electrons. The largest absolute Gasteiger partial charge is 0.482 e. The summed E-state index contributed by atoms with van der Waals surface area (Å²) < 4.78 is 0. The lowest BCUT2D eigenvalue weighted by Gasteiger charge is -2.30. The van der Waals surface area contributed by atoms with Crippen molar-refractivity contribution in [2.24, 2.45) is 0 Å². The molecule has 0 aliphatic rings. The molecule has 0 bridgehead atoms. The smallest absolute Gasteiger partial charge is 0.294 e. The second-order valence-electron chi connectivity index (χ2n) is 6.34. The Labute approximate surface area is 180 Å². The summed E-state index contributed by atoms with van der Waals surface area (Å²) in [7, 11) is 0. The molecule has 0 heterocycles. The molecule has 0 unspecified atom stereocenters. The quantitative estimate of drug-likeness (QED) is 0.156. The number of carbonyl (C=O) groups is 6. The molecule has 13 nitrogen and oxygen atoms in total. The molecule has 0 aliphatic carbocycles. The summed E-state index contributed by atoms with van der Waals surface area (Å²) in [6, 6.07) is -7.75. The van der Waals surface area contributed by atoms with Crippen molar-refractivity contribution in [3.05, 3.63) is 41.5 Å². The third kappa shape index (κ3) is 9.89. The highest BCUT2D eigenvalue weighted by Gasteiger charge is 2.18. The van der Waals surface area contributed by atoms with Gasteiger partial charge in [-0.15, -0.1) is 0 Å². The first-order chi connectivity index (χ1) is 14.2. The Balaban J connectivity index is 4.63. The number of carboxylic acid groups (broad SMARTS) is 1. The average Bonchev–Trinajstić information content (AvgIpc) is 2.66. The van der Waals surface area contributed by atoms with Crippen LogP contribution < -0.4 is 32.3 Å². The van der Waals surface area contributed by atoms with Crippen LogP contribution in [0.5, 0.6) is 0 Å². The normalized spacial score (nSPS) is 16.4. The minimum absolute atomic E-state index is 0.630. The van der Waals surface area contributed by atoms with E-state index in [1.54, 1.807) is 0 Å². The zero-order valence-electron chi connectivity index (χ0n) is 16.8. The summed E-state index contributed by atoms with van der Waals surface area (Å²) in [4.78, 5) is 69.9. The van der Waals surface area contributed by atoms with Crippen LogP contribution >= 0.6 is 0 Å². The van der Waals surface area contributed by atoms with Gasteiger partial charge in [0.25, 0.3) is 5.97 Å². The molecule has 0 fully saturated rings. The van der Waals surface area contributed by atoms with E-state index < -0.39 is 71.8 Å². The van der Waals surface area contributed by atoms with Crippen LogP contribution in [0.1, 0.15) is 0 Å². The zero-order valence-corrected chi connectivity index (χ0v) is 16.8. The van der Waals surface area contributed by atoms with Crippen LogP contribution in [-0.2, 0) is 28.8 Å². The SMILES string of the molecule is [CH2-][C@H]([NH3+])C(=O)N[C@@H]([CH2-])C(=O)N[C@@H]([CH2-])C(=O)N[C@@H]([CH2-])C(=O)N[C@@H]([CH2-])C(=O)N[C@@H]([CH2-])C(=O)O. The van der Waals surface area contributed by atoms with Gasteiger partial charge in [-0.1, -0.05) is 0 Å². The summed E-state index contributed by atoms with van der Waals surface area (Å²) in [6.07, 6.45) is 0. The third-order valence-corrected chi connectivity index (χ3v) is 3.52. The highest BCUT2D eigenvalue weighted by atomic mass is 16.4. The lowest BCUT2D eigenvalue weighted by molar-refractivity contribution is -0.389. The molecular formula is C18H27N6O7-5. The molecule has 0 rings (SSSR count). The summed E-state index contributed by atoms with van der Waals surface area (Å²) in [6.45, 7) is 20.2. The zero-order chi connectivity index (χ0) is 24.5. The number of quaternary nitrogens is 1. The van der Waals surface area contributed by atoms with Crippen molar-refractivity contribution in [2.45, 2.75) is 36.3 Å². The molecule has 31 heavy (non-hydrogen) atoms. The Bertz CT molecular complexity index is 712. The molecule has 9 N–H and O–H groups in total. The van der Waals surface area contributed by atoms with Gasteiger partial charge in [0.05, 0.1) is 0 Å². The van der Waals surface area contributed by atoms with Gasteiger partial charge in [-0.25, -0.2) is 0 Å². The number of rotatable bonds is 11. The minimum Gasteiger partial charge on any atom is -0.482 e. The molecule has 13 heteroatoms. The van der Waals surface area contributed by atoms with Gasteiger partial charge in [0.1, 0.15) is 0 Å². The Hall–Kier alpha value is -3.22. The average molecular weight is 439 g/mol. The van der Waals surface area contributed by atoms with Crippen LogP contribution in [0.3, 0.4) is 0 Å². The lowest BCUT2D eigenvalue weighted by atomic mass is 10.2. The monoisotopic (exact) mass is 439 g/mol. The highest BCUT2D eigenvalue weighted by Crippen LogP contribution is 1.92. The number of carbonyl (C=O) groups excluding carboxylic acids is 5. The van der Waals surface area contributed by atoms with E-state index in [0.29, 0.717) is 0 Å². The van der Waals surface area contributed by atoms with Gasteiger partial charge in [-0.3, -0.25) is 35.7 Å². The predicted molar refractivity (Wildman–Crippen MR) is 106 cm³/mol. The fourth-order valence-corrected chi connectivity index (χ4v) is 1.70. The molecule has 5 amide bonds. The van der Waals surface area contributed by atoms with E-state index in [1.807, 2.05) is 5.32 Å². The first kappa shape index (κ1) is 27.8. The summed E-state index contributed by atoms with van der Waals surface area (Å²) >= 11 is 0. The minimum atomic E-state index is -1.45. The van der Waals surface area contributed by atoms with Gasteiger partial charge in [-0.05, 0) is 24.2 Å². The molecule has 0 saturated heterocycles. The Kier molecular flexibility index (Phi) is 11.2. The van der Waals surface area contributed by atoms with E-state index in [0.717, 1.165) is 0 Å². The Morgan fingerprint density at radius 2 is 0.742 bits per heavy atom. The van der Waals surface area contributed by atoms with Crippen molar-refractivity contribution >= 4 is 35.5 Å². The van der Waals surface area contributed by atoms with Gasteiger partial charge in [0.2, 0.25) is 29.5 Å². The van der Waals surface area contributed by atoms with Crippen LogP contribution in [0.15, 0.2) is 0 Å². The van der Waals surface area contributed by atoms with E-state index in [9.17, 15) is 28.8 Å². The van der Waals surface area contributed by atoms with Crippen molar-refractivity contribution in [2.75, 3.05) is 0 Å². The maximum absolute atomic E-state index is 12.1. The predicted octanol–water partition coefficient (Wildman–Crippen LogP) is -4.89. The summed E-state index contributed by atoms with van der Waals surface area (Å²) in [5, 5.41) is 19.4. The van der Waals surface area contributed by atoms with Gasteiger partial charge in [-0.2, -0.15) is 0 Å². The first-order valence-electron chi connectivity index (χ1n) is 8.73. The summed E-state index contributed by atoms with van der Waals surface area (Å²) in [5.41, 5.74) is 3.38. The molecular weight excluding hydrogens is 412 g/mol. The number of aliphatic carboxylic acids is 1. The highest BCUT2D eigenvalue weighted by molar-refractivity contribution is 5.96. The van der Waals surface area contributed by atoms with Gasteiger partial charge in [0.15, 0.2) is 0 Å². The van der Waals surface area contributed by atoms with Crippen molar-refractivity contribution in [1.29, 1.82) is 0 Å². The number of carboxylic acids is 1. The van der Waals surface area contributed by atoms with E-state index in [4.69, 9.17) is 5.11 Å². The van der Waals surface area contributed by atoms with Crippen LogP contribution in [0.2, 0.25) is 0 Å². The van der Waals surface area contributed by atoms with Gasteiger partial charge < -0.3 is 72.0 Å². The van der Waals surface area contributed by atoms with E-state index in [-0.39, 0.29) is 0 Å². The fraction of sp³-hybridized carbons (Fsp3) is 0.333. The second kappa shape index (κ2) is 12.5. The van der Waals surface area contributed by atoms with Crippen LogP contribution in [0.4, 0.5) is 0 Å². The Morgan fingerprint density at radius 1 is 0.516 bits per heavy atom. The van der Waals surface area contributed by atoms with Crippen LogP contribution in [0.25, 0.3) is 0 Å². The van der Waals surface area contributed by atoms with Crippen LogP contribution in [-0.4, -0.2) is 76.9 Å². The number of hydrogen-bond donors (Lipinski definition) is 7.